The first kappa shape index (κ1) is 18.6. The molecule has 24 heavy (non-hydrogen) atoms. The van der Waals surface area contributed by atoms with Crippen molar-refractivity contribution in [3.05, 3.63) is 64.5 Å². The highest BCUT2D eigenvalue weighted by atomic mass is 32.2. The van der Waals surface area contributed by atoms with E-state index >= 15 is 0 Å². The Morgan fingerprint density at radius 2 is 1.58 bits per heavy atom. The zero-order valence-electron chi connectivity index (χ0n) is 14.2. The summed E-state index contributed by atoms with van der Waals surface area (Å²) < 4.78 is 40.7. The first-order valence-corrected chi connectivity index (χ1v) is 9.07. The number of hydrogen-bond donors (Lipinski definition) is 2. The van der Waals surface area contributed by atoms with Gasteiger partial charge in [0.15, 0.2) is 0 Å². The van der Waals surface area contributed by atoms with Gasteiger partial charge in [0.1, 0.15) is 11.4 Å². The number of aliphatic hydroxyl groups is 1. The maximum Gasteiger partial charge on any atom is 0.241 e. The second-order valence-corrected chi connectivity index (χ2v) is 8.04. The molecule has 0 saturated carbocycles. The van der Waals surface area contributed by atoms with Crippen LogP contribution in [-0.2, 0) is 15.6 Å². The summed E-state index contributed by atoms with van der Waals surface area (Å²) in [4.78, 5) is 0.225. The molecule has 0 heterocycles. The predicted octanol–water partition coefficient (Wildman–Crippen LogP) is 2.94. The van der Waals surface area contributed by atoms with E-state index in [9.17, 15) is 17.9 Å². The van der Waals surface area contributed by atoms with Crippen molar-refractivity contribution in [1.29, 1.82) is 0 Å². The normalized spacial score (nSPS) is 14.4. The molecule has 0 aliphatic rings. The lowest BCUT2D eigenvalue weighted by Crippen LogP contribution is -2.39. The first-order valence-electron chi connectivity index (χ1n) is 7.59. The van der Waals surface area contributed by atoms with Crippen LogP contribution in [0.1, 0.15) is 29.2 Å². The van der Waals surface area contributed by atoms with Gasteiger partial charge in [-0.05, 0) is 56.5 Å². The van der Waals surface area contributed by atoms with Crippen molar-refractivity contribution >= 4 is 10.0 Å². The van der Waals surface area contributed by atoms with Crippen molar-refractivity contribution < 1.29 is 17.9 Å². The van der Waals surface area contributed by atoms with E-state index in [2.05, 4.69) is 4.72 Å². The molecule has 1 unspecified atom stereocenters. The van der Waals surface area contributed by atoms with Crippen molar-refractivity contribution in [3.63, 3.8) is 0 Å². The van der Waals surface area contributed by atoms with Crippen LogP contribution in [0, 0.1) is 26.6 Å². The molecule has 0 aliphatic carbocycles. The van der Waals surface area contributed by atoms with Crippen LogP contribution >= 0.6 is 0 Å². The summed E-state index contributed by atoms with van der Waals surface area (Å²) in [5.74, 6) is -0.416. The fourth-order valence-electron chi connectivity index (χ4n) is 2.81. The molecule has 0 bridgehead atoms. The first-order chi connectivity index (χ1) is 11.0. The molecule has 0 amide bonds. The molecule has 130 valence electrons. The molecule has 6 heteroatoms. The number of rotatable bonds is 5. The number of nitrogens with one attached hydrogen (secondary N) is 1. The Bertz CT molecular complexity index is 820. The fourth-order valence-corrected chi connectivity index (χ4v) is 4.39. The average molecular weight is 351 g/mol. The van der Waals surface area contributed by atoms with E-state index in [0.29, 0.717) is 16.7 Å². The van der Waals surface area contributed by atoms with Gasteiger partial charge in [0.2, 0.25) is 10.0 Å². The summed E-state index contributed by atoms with van der Waals surface area (Å²) in [5, 5.41) is 10.5. The van der Waals surface area contributed by atoms with Gasteiger partial charge in [-0.1, -0.05) is 29.8 Å². The van der Waals surface area contributed by atoms with E-state index < -0.39 is 21.4 Å². The molecule has 1 atom stereocenters. The molecule has 2 N–H and O–H groups in total. The Labute approximate surface area is 142 Å². The SMILES string of the molecule is Cc1cc(C)c(S(=O)(=O)NCC(C)(O)c2ccc(F)cc2)c(C)c1. The molecular weight excluding hydrogens is 329 g/mol. The standard InChI is InChI=1S/C18H22FNO3S/c1-12-9-13(2)17(14(3)10-12)24(22,23)20-11-18(4,21)15-5-7-16(19)8-6-15/h5-10,20-21H,11H2,1-4H3. The van der Waals surface area contributed by atoms with E-state index in [1.165, 1.54) is 31.2 Å². The lowest BCUT2D eigenvalue weighted by atomic mass is 9.96. The number of benzene rings is 2. The highest BCUT2D eigenvalue weighted by Gasteiger charge is 2.27. The Morgan fingerprint density at radius 1 is 1.08 bits per heavy atom. The van der Waals surface area contributed by atoms with E-state index in [1.54, 1.807) is 26.0 Å². The molecule has 0 fully saturated rings. The van der Waals surface area contributed by atoms with Gasteiger partial charge in [0.05, 0.1) is 4.90 Å². The third-order valence-electron chi connectivity index (χ3n) is 3.95. The Hall–Kier alpha value is -1.76. The Morgan fingerprint density at radius 3 is 2.08 bits per heavy atom. The molecule has 0 aromatic heterocycles. The largest absolute Gasteiger partial charge is 0.384 e. The lowest BCUT2D eigenvalue weighted by Gasteiger charge is -2.25. The molecule has 2 rings (SSSR count). The van der Waals surface area contributed by atoms with Gasteiger partial charge in [-0.15, -0.1) is 0 Å². The highest BCUT2D eigenvalue weighted by molar-refractivity contribution is 7.89. The molecule has 2 aromatic carbocycles. The average Bonchev–Trinajstić information content (AvgIpc) is 2.44. The van der Waals surface area contributed by atoms with Crippen molar-refractivity contribution in [2.45, 2.75) is 38.2 Å². The number of sulfonamides is 1. The number of aryl methyl sites for hydroxylation is 3. The zero-order chi connectivity index (χ0) is 18.1. The van der Waals surface area contributed by atoms with Crippen LogP contribution in [0.15, 0.2) is 41.3 Å². The number of hydrogen-bond acceptors (Lipinski definition) is 3. The zero-order valence-corrected chi connectivity index (χ0v) is 15.0. The molecule has 0 aliphatic heterocycles. The van der Waals surface area contributed by atoms with Gasteiger partial charge in [-0.3, -0.25) is 0 Å². The third-order valence-corrected chi connectivity index (χ3v) is 5.65. The summed E-state index contributed by atoms with van der Waals surface area (Å²) in [6.07, 6.45) is 0. The Kier molecular flexibility index (Phi) is 5.13. The van der Waals surface area contributed by atoms with Crippen molar-refractivity contribution in [2.75, 3.05) is 6.54 Å². The van der Waals surface area contributed by atoms with Crippen molar-refractivity contribution in [2.24, 2.45) is 0 Å². The van der Waals surface area contributed by atoms with Crippen LogP contribution in [0.3, 0.4) is 0 Å². The summed E-state index contributed by atoms with van der Waals surface area (Å²) in [6.45, 7) is 6.66. The maximum absolute atomic E-state index is 13.0. The minimum atomic E-state index is -3.77. The van der Waals surface area contributed by atoms with Gasteiger partial charge >= 0.3 is 0 Å². The van der Waals surface area contributed by atoms with Gasteiger partial charge in [-0.2, -0.15) is 0 Å². The van der Waals surface area contributed by atoms with Gasteiger partial charge < -0.3 is 5.11 Å². The minimum Gasteiger partial charge on any atom is -0.384 e. The minimum absolute atomic E-state index is 0.215. The Balaban J connectivity index is 2.26. The van der Waals surface area contributed by atoms with Crippen LogP contribution < -0.4 is 4.72 Å². The second-order valence-electron chi connectivity index (χ2n) is 6.33. The topological polar surface area (TPSA) is 66.4 Å². The quantitative estimate of drug-likeness (QED) is 0.870. The van der Waals surface area contributed by atoms with E-state index in [0.717, 1.165) is 5.56 Å². The summed E-state index contributed by atoms with van der Waals surface area (Å²) in [6, 6.07) is 8.94. The summed E-state index contributed by atoms with van der Waals surface area (Å²) in [7, 11) is -3.77. The molecule has 0 radical (unpaired) electrons. The third kappa shape index (κ3) is 4.01. The van der Waals surface area contributed by atoms with Crippen LogP contribution in [0.2, 0.25) is 0 Å². The molecule has 0 saturated heterocycles. The molecule has 2 aromatic rings. The molecule has 0 spiro atoms. The predicted molar refractivity (Wildman–Crippen MR) is 91.8 cm³/mol. The van der Waals surface area contributed by atoms with E-state index in [-0.39, 0.29) is 11.4 Å². The lowest BCUT2D eigenvalue weighted by molar-refractivity contribution is 0.0627. The summed E-state index contributed by atoms with van der Waals surface area (Å²) in [5.41, 5.74) is 1.28. The van der Waals surface area contributed by atoms with Crippen molar-refractivity contribution in [1.82, 2.24) is 4.72 Å². The van der Waals surface area contributed by atoms with Crippen LogP contribution in [0.5, 0.6) is 0 Å². The van der Waals surface area contributed by atoms with E-state index in [4.69, 9.17) is 0 Å². The van der Waals surface area contributed by atoms with Crippen LogP contribution in [-0.4, -0.2) is 20.1 Å². The van der Waals surface area contributed by atoms with E-state index in [1.807, 2.05) is 6.92 Å². The molecular formula is C18H22FNO3S. The second kappa shape index (κ2) is 6.63. The van der Waals surface area contributed by atoms with Crippen LogP contribution in [0.25, 0.3) is 0 Å². The fraction of sp³-hybridized carbons (Fsp3) is 0.333. The summed E-state index contributed by atoms with van der Waals surface area (Å²) >= 11 is 0. The smallest absolute Gasteiger partial charge is 0.241 e. The molecule has 4 nitrogen and oxygen atoms in total. The van der Waals surface area contributed by atoms with Gasteiger partial charge in [0, 0.05) is 6.54 Å². The van der Waals surface area contributed by atoms with Gasteiger partial charge in [0.25, 0.3) is 0 Å². The van der Waals surface area contributed by atoms with Crippen LogP contribution in [0.4, 0.5) is 4.39 Å². The maximum atomic E-state index is 13.0. The monoisotopic (exact) mass is 351 g/mol. The van der Waals surface area contributed by atoms with Crippen molar-refractivity contribution in [3.8, 4) is 0 Å². The van der Waals surface area contributed by atoms with Gasteiger partial charge in [-0.25, -0.2) is 17.5 Å². The highest BCUT2D eigenvalue weighted by Crippen LogP contribution is 2.24. The number of halogens is 1.